The first-order valence-electron chi connectivity index (χ1n) is 13.6. The Morgan fingerprint density at radius 3 is 0.227 bits per heavy atom. The predicted octanol–water partition coefficient (Wildman–Crippen LogP) is 0.516. The zero-order valence-electron chi connectivity index (χ0n) is 32.4. The summed E-state index contributed by atoms with van der Waals surface area (Å²) in [6.07, 6.45) is 0. The van der Waals surface area contributed by atoms with E-state index in [1.165, 1.54) is 0 Å². The van der Waals surface area contributed by atoms with E-state index in [9.17, 15) is 0 Å². The molecule has 0 aromatic rings. The van der Waals surface area contributed by atoms with Crippen molar-refractivity contribution in [2.24, 2.45) is 0 Å². The molecule has 0 aliphatic rings. The van der Waals surface area contributed by atoms with Crippen LogP contribution < -0.4 is 95.9 Å². The average Bonchev–Trinajstić information content (AvgIpc) is 2.19. The van der Waals surface area contributed by atoms with Gasteiger partial charge < -0.3 is 95.9 Å². The molecule has 44 heavy (non-hydrogen) atoms. The quantitative estimate of drug-likeness (QED) is 0.246. The van der Waals surface area contributed by atoms with Crippen molar-refractivity contribution in [2.75, 3.05) is 0 Å². The fraction of sp³-hybridized carbons (Fsp3) is 1.00. The molecule has 0 rings (SSSR count). The molecule has 0 aromatic heterocycles. The maximum Gasteiger partial charge on any atom is 1.00 e. The van der Waals surface area contributed by atoms with Gasteiger partial charge in [-0.05, 0) is 0 Å². The van der Waals surface area contributed by atoms with E-state index in [2.05, 4.69) is 166 Å². The minimum absolute atomic E-state index is 0. The van der Waals surface area contributed by atoms with E-state index >= 15 is 0 Å². The van der Waals surface area contributed by atoms with E-state index in [1.54, 1.807) is 0 Å². The summed E-state index contributed by atoms with van der Waals surface area (Å²) in [6, 6.07) is 0. The Labute approximate surface area is 417 Å². The monoisotopic (exact) mass is 1540 g/mol. The summed E-state index contributed by atoms with van der Waals surface area (Å²) in [5, 5.41) is 0. The van der Waals surface area contributed by atoms with Crippen LogP contribution in [0.25, 0.3) is 0 Å². The molecule has 0 radical (unpaired) electrons. The molecular weight excluding hydrogens is 1460 g/mol. The average molecular weight is 1530 g/mol. The van der Waals surface area contributed by atoms with Crippen molar-refractivity contribution in [1.82, 2.24) is 0 Å². The van der Waals surface area contributed by atoms with Crippen molar-refractivity contribution in [3.63, 3.8) is 0 Å². The van der Waals surface area contributed by atoms with Gasteiger partial charge in [-0.2, -0.15) is 0 Å². The molecule has 0 aromatic carbocycles. The standard InChI is InChI=1S/4C8H18Se.4Cu.4HI/c4*1-7(2,3)9-8(4,5)6;;;;;;;;/h4*1-6H3;;;;;4*1H/q;;;;4*+1;;;;/p-4. The number of hydrogen-bond donors (Lipinski definition) is 0. The van der Waals surface area contributed by atoms with Crippen LogP contribution in [0.1, 0.15) is 166 Å². The van der Waals surface area contributed by atoms with Crippen molar-refractivity contribution in [3.8, 4) is 0 Å². The third-order valence-electron chi connectivity index (χ3n) is 2.45. The Morgan fingerprint density at radius 1 is 0.182 bits per heavy atom. The summed E-state index contributed by atoms with van der Waals surface area (Å²) in [7, 11) is 0. The first kappa shape index (κ1) is 83.9. The van der Waals surface area contributed by atoms with Gasteiger partial charge in [-0.25, -0.2) is 0 Å². The zero-order valence-corrected chi connectivity index (χ0v) is 51.6. The van der Waals surface area contributed by atoms with Gasteiger partial charge in [0.15, 0.2) is 0 Å². The minimum atomic E-state index is 0. The molecule has 0 saturated carbocycles. The van der Waals surface area contributed by atoms with E-state index in [0.29, 0.717) is 34.5 Å². The number of hydrogen-bond acceptors (Lipinski definition) is 0. The molecule has 0 amide bonds. The first-order chi connectivity index (χ1) is 14.8. The molecule has 296 valence electrons. The molecule has 0 saturated heterocycles. The molecule has 0 bridgehead atoms. The smallest absolute Gasteiger partial charge is 1.00 e. The summed E-state index contributed by atoms with van der Waals surface area (Å²) in [4.78, 5) is 0. The summed E-state index contributed by atoms with van der Waals surface area (Å²) in [5.74, 6) is 0. The van der Waals surface area contributed by atoms with Crippen LogP contribution in [0.2, 0.25) is 34.5 Å². The third-order valence-corrected chi connectivity index (χ3v) is 12.7. The molecule has 0 spiro atoms. The van der Waals surface area contributed by atoms with Gasteiger partial charge >= 0.3 is 329 Å². The Morgan fingerprint density at radius 2 is 0.227 bits per heavy atom. The Balaban J connectivity index is -0.0000000293. The third kappa shape index (κ3) is 117. The summed E-state index contributed by atoms with van der Waals surface area (Å²) < 4.78 is 4.38. The second kappa shape index (κ2) is 34.6. The van der Waals surface area contributed by atoms with Crippen LogP contribution in [0.4, 0.5) is 0 Å². The second-order valence-corrected chi connectivity index (χ2v) is 39.6. The predicted molar refractivity (Wildman–Crippen MR) is 181 cm³/mol. The van der Waals surface area contributed by atoms with Crippen molar-refractivity contribution in [3.05, 3.63) is 0 Å². The summed E-state index contributed by atoms with van der Waals surface area (Å²) >= 11 is 3.00. The fourth-order valence-corrected chi connectivity index (χ4v) is 19.1. The Kier molecular flexibility index (Phi) is 65.9. The normalized spacial score (nSPS) is 11.5. The van der Waals surface area contributed by atoms with Gasteiger partial charge in [0.05, 0.1) is 0 Å². The first-order valence-corrected chi connectivity index (χ1v) is 20.5. The number of halogens is 4. The molecule has 12 heteroatoms. The Bertz CT molecular complexity index is 421. The Hall–Kier alpha value is 7.08. The van der Waals surface area contributed by atoms with Gasteiger partial charge in [-0.15, -0.1) is 0 Å². The fourth-order valence-electron chi connectivity index (χ4n) is 3.67. The summed E-state index contributed by atoms with van der Waals surface area (Å²) in [5.41, 5.74) is 0. The van der Waals surface area contributed by atoms with E-state index in [-0.39, 0.29) is 164 Å². The van der Waals surface area contributed by atoms with E-state index in [4.69, 9.17) is 0 Å². The molecule has 0 nitrogen and oxygen atoms in total. The van der Waals surface area contributed by atoms with Crippen LogP contribution in [-0.4, -0.2) is 59.8 Å². The maximum atomic E-state index is 2.32. The molecule has 0 aliphatic heterocycles. The van der Waals surface area contributed by atoms with Gasteiger partial charge in [-0.1, -0.05) is 0 Å². The molecular formula is C32H72Cu4I4Se4. The number of rotatable bonds is 0. The van der Waals surface area contributed by atoms with Gasteiger partial charge in [0.25, 0.3) is 0 Å². The molecule has 0 heterocycles. The molecule has 0 N–H and O–H groups in total. The molecule has 0 unspecified atom stereocenters. The van der Waals surface area contributed by atoms with Gasteiger partial charge in [0.2, 0.25) is 0 Å². The largest absolute Gasteiger partial charge is 1.00 e. The summed E-state index contributed by atoms with van der Waals surface area (Å²) in [6.45, 7) is 55.6. The topological polar surface area (TPSA) is 0 Å². The van der Waals surface area contributed by atoms with Crippen molar-refractivity contribution >= 4 is 59.8 Å². The van der Waals surface area contributed by atoms with Crippen molar-refractivity contribution < 1.29 is 164 Å². The van der Waals surface area contributed by atoms with Gasteiger partial charge in [0.1, 0.15) is 0 Å². The zero-order chi connectivity index (χ0) is 30.8. The van der Waals surface area contributed by atoms with Crippen LogP contribution in [-0.2, 0) is 68.3 Å². The van der Waals surface area contributed by atoms with Crippen LogP contribution in [0.5, 0.6) is 0 Å². The SMILES string of the molecule is CC(C)(C)[Se]C(C)(C)C.CC(C)(C)[Se]C(C)(C)C.CC(C)(C)[Se]C(C)(C)C.CC(C)(C)[Se]C(C)(C)C.[Cu+].[Cu+].[Cu+].[Cu+].[I-].[I-].[I-].[I-]. The van der Waals surface area contributed by atoms with E-state index in [0.717, 1.165) is 59.8 Å². The van der Waals surface area contributed by atoms with Gasteiger partial charge in [-0.3, -0.25) is 0 Å². The van der Waals surface area contributed by atoms with Crippen LogP contribution in [0.15, 0.2) is 0 Å². The van der Waals surface area contributed by atoms with Gasteiger partial charge in [0, 0.05) is 0 Å². The molecule has 0 atom stereocenters. The van der Waals surface area contributed by atoms with Crippen LogP contribution in [0.3, 0.4) is 0 Å². The van der Waals surface area contributed by atoms with Crippen molar-refractivity contribution in [1.29, 1.82) is 0 Å². The second-order valence-electron chi connectivity index (χ2n) is 17.3. The molecule has 0 aliphatic carbocycles. The molecule has 0 fully saturated rings. The maximum absolute atomic E-state index is 2.32. The minimum Gasteiger partial charge on any atom is -1.00 e. The van der Waals surface area contributed by atoms with E-state index in [1.807, 2.05) is 0 Å². The van der Waals surface area contributed by atoms with E-state index < -0.39 is 0 Å². The van der Waals surface area contributed by atoms with Crippen molar-refractivity contribution in [2.45, 2.75) is 201 Å². The van der Waals surface area contributed by atoms with Crippen LogP contribution in [0, 0.1) is 0 Å². The van der Waals surface area contributed by atoms with Crippen LogP contribution >= 0.6 is 0 Å².